The number of anilines is 1. The zero-order chi connectivity index (χ0) is 21.7. The minimum Gasteiger partial charge on any atom is -0.383 e. The fourth-order valence-corrected chi connectivity index (χ4v) is 3.64. The molecule has 0 radical (unpaired) electrons. The Hall–Kier alpha value is -2.92. The lowest BCUT2D eigenvalue weighted by molar-refractivity contribution is -0.141. The molecule has 1 atom stereocenters. The molecule has 0 aliphatic carbocycles. The van der Waals surface area contributed by atoms with E-state index >= 15 is 0 Å². The Balaban J connectivity index is 1.79. The van der Waals surface area contributed by atoms with Gasteiger partial charge in [0.05, 0.1) is 11.9 Å². The third kappa shape index (κ3) is 5.36. The van der Waals surface area contributed by atoms with Crippen LogP contribution in [0.2, 0.25) is 0 Å². The molecule has 0 saturated heterocycles. The Bertz CT molecular complexity index is 1030. The average Bonchev–Trinajstić information content (AvgIpc) is 3.12. The summed E-state index contributed by atoms with van der Waals surface area (Å²) in [6.45, 7) is 0.379. The number of carbonyl (C=O) groups is 1. The molecule has 0 bridgehead atoms. The highest BCUT2D eigenvalue weighted by atomic mass is 32.2. The van der Waals surface area contributed by atoms with Crippen LogP contribution in [0.1, 0.15) is 27.0 Å². The summed E-state index contributed by atoms with van der Waals surface area (Å²) in [5, 5.41) is 11.1. The van der Waals surface area contributed by atoms with Crippen molar-refractivity contribution >= 4 is 23.4 Å². The Morgan fingerprint density at radius 1 is 1.27 bits per heavy atom. The number of rotatable bonds is 7. The van der Waals surface area contributed by atoms with Gasteiger partial charge in [-0.15, -0.1) is 10.2 Å². The highest BCUT2D eigenvalue weighted by Gasteiger charge is 2.33. The van der Waals surface area contributed by atoms with Gasteiger partial charge < -0.3 is 14.6 Å². The fraction of sp³-hybridized carbons (Fsp3) is 0.263. The number of thioether (sulfide) groups is 1. The van der Waals surface area contributed by atoms with Gasteiger partial charge in [-0.25, -0.2) is 4.98 Å². The number of carbonyl (C=O) groups excluding carboxylic acids is 1. The number of hydrogen-bond acceptors (Lipinski definition) is 6. The molecule has 11 heteroatoms. The summed E-state index contributed by atoms with van der Waals surface area (Å²) in [5.41, 5.74) is -0.169. The number of aryl methyl sites for hydroxylation is 1. The van der Waals surface area contributed by atoms with Gasteiger partial charge in [0, 0.05) is 19.8 Å². The molecular formula is C19H18F3N5O2S. The number of pyridine rings is 1. The predicted molar refractivity (Wildman–Crippen MR) is 105 cm³/mol. The van der Waals surface area contributed by atoms with Gasteiger partial charge in [0.25, 0.3) is 5.91 Å². The molecule has 30 heavy (non-hydrogen) atoms. The monoisotopic (exact) mass is 437 g/mol. The van der Waals surface area contributed by atoms with Gasteiger partial charge in [-0.1, -0.05) is 30.0 Å². The number of amides is 1. The van der Waals surface area contributed by atoms with Gasteiger partial charge in [-0.05, 0) is 29.8 Å². The van der Waals surface area contributed by atoms with Crippen LogP contribution in [0.4, 0.5) is 18.9 Å². The highest BCUT2D eigenvalue weighted by Crippen LogP contribution is 2.35. The first kappa shape index (κ1) is 21.8. The lowest BCUT2D eigenvalue weighted by Crippen LogP contribution is -2.17. The molecule has 0 saturated carbocycles. The van der Waals surface area contributed by atoms with Crippen LogP contribution < -0.4 is 5.32 Å². The Morgan fingerprint density at radius 3 is 2.70 bits per heavy atom. The maximum absolute atomic E-state index is 12.8. The molecule has 158 valence electrons. The second kappa shape index (κ2) is 9.26. The maximum Gasteiger partial charge on any atom is 0.433 e. The standard InChI is InChI=1S/C19H18F3N5O2S/c1-27-11-23-26-18(27)30-15(10-29-2)12-5-3-6-13(9-12)24-17(28)14-7-4-8-16(25-14)19(20,21)22/h3-9,11,15H,10H2,1-2H3,(H,24,28). The van der Waals surface area contributed by atoms with E-state index in [2.05, 4.69) is 20.5 Å². The molecule has 1 amide bonds. The summed E-state index contributed by atoms with van der Waals surface area (Å²) in [5.74, 6) is -0.734. The van der Waals surface area contributed by atoms with Crippen LogP contribution in [0.25, 0.3) is 0 Å². The zero-order valence-electron chi connectivity index (χ0n) is 16.1. The molecule has 0 aliphatic rings. The lowest BCUT2D eigenvalue weighted by atomic mass is 10.1. The van der Waals surface area contributed by atoms with Gasteiger partial charge in [0.1, 0.15) is 17.7 Å². The van der Waals surface area contributed by atoms with E-state index in [9.17, 15) is 18.0 Å². The number of aromatic nitrogens is 4. The number of ether oxygens (including phenoxy) is 1. The van der Waals surface area contributed by atoms with E-state index in [-0.39, 0.29) is 10.9 Å². The molecule has 1 aromatic carbocycles. The first-order valence-electron chi connectivity index (χ1n) is 8.73. The molecule has 7 nitrogen and oxygen atoms in total. The SMILES string of the molecule is COCC(Sc1nncn1C)c1cccc(NC(=O)c2cccc(C(F)(F)F)n2)c1. The Kier molecular flexibility index (Phi) is 6.73. The molecule has 1 unspecified atom stereocenters. The van der Waals surface area contributed by atoms with Crippen molar-refractivity contribution in [3.63, 3.8) is 0 Å². The molecule has 0 fully saturated rings. The van der Waals surface area contributed by atoms with Crippen LogP contribution in [0.15, 0.2) is 53.9 Å². The van der Waals surface area contributed by atoms with E-state index in [0.29, 0.717) is 17.5 Å². The van der Waals surface area contributed by atoms with Crippen LogP contribution >= 0.6 is 11.8 Å². The van der Waals surface area contributed by atoms with Crippen LogP contribution in [-0.4, -0.2) is 39.4 Å². The van der Waals surface area contributed by atoms with Crippen molar-refractivity contribution < 1.29 is 22.7 Å². The summed E-state index contributed by atoms with van der Waals surface area (Å²) < 4.78 is 45.6. The van der Waals surface area contributed by atoms with Crippen molar-refractivity contribution in [3.05, 3.63) is 65.7 Å². The number of alkyl halides is 3. The smallest absolute Gasteiger partial charge is 0.383 e. The minimum absolute atomic E-state index is 0.138. The van der Waals surface area contributed by atoms with Crippen LogP contribution in [0, 0.1) is 0 Å². The van der Waals surface area contributed by atoms with Gasteiger partial charge in [0.15, 0.2) is 5.16 Å². The van der Waals surface area contributed by atoms with Crippen LogP contribution in [-0.2, 0) is 18.0 Å². The van der Waals surface area contributed by atoms with Crippen molar-refractivity contribution in [1.29, 1.82) is 0 Å². The fourth-order valence-electron chi connectivity index (χ4n) is 2.59. The zero-order valence-corrected chi connectivity index (χ0v) is 16.9. The molecule has 3 rings (SSSR count). The molecule has 1 N–H and O–H groups in total. The summed E-state index contributed by atoms with van der Waals surface area (Å²) in [6, 6.07) is 10.2. The Labute approximate surface area is 174 Å². The van der Waals surface area contributed by atoms with Crippen LogP contribution in [0.3, 0.4) is 0 Å². The van der Waals surface area contributed by atoms with E-state index in [1.165, 1.54) is 17.8 Å². The second-order valence-corrected chi connectivity index (χ2v) is 7.44. The summed E-state index contributed by atoms with van der Waals surface area (Å²) >= 11 is 1.44. The number of hydrogen-bond donors (Lipinski definition) is 1. The van der Waals surface area contributed by atoms with E-state index < -0.39 is 17.8 Å². The van der Waals surface area contributed by atoms with Crippen molar-refractivity contribution in [2.75, 3.05) is 19.0 Å². The van der Waals surface area contributed by atoms with Gasteiger partial charge in [-0.3, -0.25) is 4.79 Å². The van der Waals surface area contributed by atoms with E-state index in [0.717, 1.165) is 17.7 Å². The molecule has 0 aliphatic heterocycles. The van der Waals surface area contributed by atoms with E-state index in [1.807, 2.05) is 13.1 Å². The molecule has 0 spiro atoms. The number of benzene rings is 1. The van der Waals surface area contributed by atoms with E-state index in [1.54, 1.807) is 36.2 Å². The molecule has 3 aromatic rings. The average molecular weight is 437 g/mol. The molecule has 2 heterocycles. The van der Waals surface area contributed by atoms with Crippen LogP contribution in [0.5, 0.6) is 0 Å². The highest BCUT2D eigenvalue weighted by molar-refractivity contribution is 7.99. The summed E-state index contributed by atoms with van der Waals surface area (Å²) in [4.78, 5) is 15.8. The normalized spacial score (nSPS) is 12.6. The van der Waals surface area contributed by atoms with E-state index in [4.69, 9.17) is 4.74 Å². The topological polar surface area (TPSA) is 81.9 Å². The first-order valence-corrected chi connectivity index (χ1v) is 9.61. The first-order chi connectivity index (χ1) is 14.3. The van der Waals surface area contributed by atoms with Gasteiger partial charge >= 0.3 is 6.18 Å². The maximum atomic E-state index is 12.8. The molecule has 2 aromatic heterocycles. The third-order valence-corrected chi connectivity index (χ3v) is 5.30. The number of nitrogens with zero attached hydrogens (tertiary/aromatic N) is 4. The quantitative estimate of drug-likeness (QED) is 0.564. The summed E-state index contributed by atoms with van der Waals surface area (Å²) in [6.07, 6.45) is -3.04. The largest absolute Gasteiger partial charge is 0.433 e. The third-order valence-electron chi connectivity index (χ3n) is 4.02. The summed E-state index contributed by atoms with van der Waals surface area (Å²) in [7, 11) is 3.40. The number of nitrogens with one attached hydrogen (secondary N) is 1. The van der Waals surface area contributed by atoms with Crippen molar-refractivity contribution in [2.45, 2.75) is 16.6 Å². The second-order valence-electron chi connectivity index (χ2n) is 6.27. The number of methoxy groups -OCH3 is 1. The van der Waals surface area contributed by atoms with Crippen molar-refractivity contribution in [2.24, 2.45) is 7.05 Å². The predicted octanol–water partition coefficient (Wildman–Crippen LogP) is 3.96. The lowest BCUT2D eigenvalue weighted by Gasteiger charge is -2.16. The molecular weight excluding hydrogens is 419 g/mol. The van der Waals surface area contributed by atoms with Crippen molar-refractivity contribution in [3.8, 4) is 0 Å². The van der Waals surface area contributed by atoms with Crippen molar-refractivity contribution in [1.82, 2.24) is 19.7 Å². The van der Waals surface area contributed by atoms with Gasteiger partial charge in [0.2, 0.25) is 0 Å². The minimum atomic E-state index is -4.62. The number of halogens is 3. The van der Waals surface area contributed by atoms with Gasteiger partial charge in [-0.2, -0.15) is 13.2 Å². The Morgan fingerprint density at radius 2 is 2.03 bits per heavy atom.